The Morgan fingerprint density at radius 3 is 2.40 bits per heavy atom. The number of para-hydroxylation sites is 2. The van der Waals surface area contributed by atoms with E-state index < -0.39 is 0 Å². The molecule has 6 heteroatoms. The number of rotatable bonds is 7. The zero-order valence-corrected chi connectivity index (χ0v) is 17.6. The Hall–Kier alpha value is -3.31. The van der Waals surface area contributed by atoms with Crippen molar-refractivity contribution in [2.75, 3.05) is 23.4 Å². The van der Waals surface area contributed by atoms with Crippen LogP contribution in [0.4, 0.5) is 11.4 Å². The first-order valence-electron chi connectivity index (χ1n) is 9.64. The van der Waals surface area contributed by atoms with Gasteiger partial charge in [-0.15, -0.1) is 0 Å². The predicted molar refractivity (Wildman–Crippen MR) is 121 cm³/mol. The second kappa shape index (κ2) is 9.94. The molecule has 1 N–H and O–H groups in total. The van der Waals surface area contributed by atoms with Gasteiger partial charge >= 0.3 is 0 Å². The van der Waals surface area contributed by atoms with E-state index in [9.17, 15) is 9.59 Å². The van der Waals surface area contributed by atoms with Gasteiger partial charge in [0, 0.05) is 17.3 Å². The summed E-state index contributed by atoms with van der Waals surface area (Å²) >= 11 is 6.01. The van der Waals surface area contributed by atoms with Crippen molar-refractivity contribution in [3.8, 4) is 5.75 Å². The van der Waals surface area contributed by atoms with Gasteiger partial charge in [0.2, 0.25) is 0 Å². The molecule has 0 saturated carbocycles. The predicted octanol–water partition coefficient (Wildman–Crippen LogP) is 5.33. The monoisotopic (exact) mass is 422 g/mol. The largest absolute Gasteiger partial charge is 0.484 e. The van der Waals surface area contributed by atoms with E-state index in [1.807, 2.05) is 44.2 Å². The average Bonchev–Trinajstić information content (AvgIpc) is 2.76. The number of anilines is 2. The van der Waals surface area contributed by atoms with Gasteiger partial charge in [-0.05, 0) is 61.9 Å². The molecule has 3 aromatic rings. The number of halogens is 1. The lowest BCUT2D eigenvalue weighted by Crippen LogP contribution is -2.32. The van der Waals surface area contributed by atoms with Crippen molar-refractivity contribution in [2.24, 2.45) is 0 Å². The Kier molecular flexibility index (Phi) is 7.09. The number of nitrogens with zero attached hydrogens (tertiary/aromatic N) is 1. The molecule has 0 radical (unpaired) electrons. The SMILES string of the molecule is CCN(C(=O)c1ccccc1NC(=O)COc1ccc(Cl)c(C)c1)c1ccccc1. The summed E-state index contributed by atoms with van der Waals surface area (Å²) in [5.74, 6) is 0.0112. The molecule has 3 rings (SSSR count). The minimum Gasteiger partial charge on any atom is -0.484 e. The molecule has 5 nitrogen and oxygen atoms in total. The van der Waals surface area contributed by atoms with E-state index in [4.69, 9.17) is 16.3 Å². The molecule has 0 aromatic heterocycles. The lowest BCUT2D eigenvalue weighted by Gasteiger charge is -2.22. The van der Waals surface area contributed by atoms with Gasteiger partial charge in [-0.2, -0.15) is 0 Å². The van der Waals surface area contributed by atoms with Crippen molar-refractivity contribution in [3.05, 3.63) is 88.9 Å². The molecule has 3 aromatic carbocycles. The van der Waals surface area contributed by atoms with E-state index in [1.54, 1.807) is 47.4 Å². The summed E-state index contributed by atoms with van der Waals surface area (Å²) in [7, 11) is 0. The van der Waals surface area contributed by atoms with Crippen LogP contribution >= 0.6 is 11.6 Å². The summed E-state index contributed by atoms with van der Waals surface area (Å²) in [6.07, 6.45) is 0. The summed E-state index contributed by atoms with van der Waals surface area (Å²) < 4.78 is 5.55. The number of carbonyl (C=O) groups is 2. The van der Waals surface area contributed by atoms with E-state index in [0.717, 1.165) is 11.3 Å². The summed E-state index contributed by atoms with van der Waals surface area (Å²) in [5.41, 5.74) is 2.52. The zero-order valence-electron chi connectivity index (χ0n) is 16.9. The molecule has 0 spiro atoms. The van der Waals surface area contributed by atoms with Crippen LogP contribution in [0.2, 0.25) is 5.02 Å². The second-order valence-electron chi connectivity index (χ2n) is 6.68. The van der Waals surface area contributed by atoms with Gasteiger partial charge in [0.15, 0.2) is 6.61 Å². The van der Waals surface area contributed by atoms with Crippen LogP contribution in [0, 0.1) is 6.92 Å². The van der Waals surface area contributed by atoms with Crippen LogP contribution in [-0.2, 0) is 4.79 Å². The second-order valence-corrected chi connectivity index (χ2v) is 7.09. The maximum Gasteiger partial charge on any atom is 0.262 e. The molecule has 0 fully saturated rings. The summed E-state index contributed by atoms with van der Waals surface area (Å²) in [6, 6.07) is 21.6. The number of hydrogen-bond acceptors (Lipinski definition) is 3. The topological polar surface area (TPSA) is 58.6 Å². The molecule has 0 saturated heterocycles. The quantitative estimate of drug-likeness (QED) is 0.559. The maximum absolute atomic E-state index is 13.2. The molecule has 0 aliphatic heterocycles. The molecule has 0 aliphatic rings. The van der Waals surface area contributed by atoms with E-state index in [2.05, 4.69) is 5.32 Å². The third kappa shape index (κ3) is 5.19. The Labute approximate surface area is 181 Å². The van der Waals surface area contributed by atoms with Crippen LogP contribution in [0.15, 0.2) is 72.8 Å². The fourth-order valence-electron chi connectivity index (χ4n) is 3.02. The van der Waals surface area contributed by atoms with Crippen LogP contribution in [0.25, 0.3) is 0 Å². The first-order chi connectivity index (χ1) is 14.5. The highest BCUT2D eigenvalue weighted by Crippen LogP contribution is 2.23. The molecule has 0 unspecified atom stereocenters. The Morgan fingerprint density at radius 1 is 1.00 bits per heavy atom. The number of amides is 2. The summed E-state index contributed by atoms with van der Waals surface area (Å²) in [6.45, 7) is 4.10. The third-order valence-corrected chi connectivity index (χ3v) is 4.98. The van der Waals surface area contributed by atoms with Crippen molar-refractivity contribution < 1.29 is 14.3 Å². The van der Waals surface area contributed by atoms with Crippen molar-refractivity contribution in [3.63, 3.8) is 0 Å². The maximum atomic E-state index is 13.2. The molecule has 0 atom stereocenters. The molecule has 0 bridgehead atoms. The highest BCUT2D eigenvalue weighted by Gasteiger charge is 2.20. The zero-order chi connectivity index (χ0) is 21.5. The van der Waals surface area contributed by atoms with Crippen LogP contribution in [-0.4, -0.2) is 25.0 Å². The smallest absolute Gasteiger partial charge is 0.262 e. The highest BCUT2D eigenvalue weighted by atomic mass is 35.5. The minimum atomic E-state index is -0.356. The van der Waals surface area contributed by atoms with E-state index in [-0.39, 0.29) is 18.4 Å². The first-order valence-corrected chi connectivity index (χ1v) is 10.0. The number of carbonyl (C=O) groups excluding carboxylic acids is 2. The molecular weight excluding hydrogens is 400 g/mol. The van der Waals surface area contributed by atoms with E-state index >= 15 is 0 Å². The fourth-order valence-corrected chi connectivity index (χ4v) is 3.14. The fraction of sp³-hybridized carbons (Fsp3) is 0.167. The standard InChI is InChI=1S/C24H23ClN2O3/c1-3-27(18-9-5-4-6-10-18)24(29)20-11-7-8-12-22(20)26-23(28)16-30-19-13-14-21(25)17(2)15-19/h4-15H,3,16H2,1-2H3,(H,26,28). The molecule has 0 aliphatic carbocycles. The molecular formula is C24H23ClN2O3. The van der Waals surface area contributed by atoms with Crippen molar-refractivity contribution in [1.82, 2.24) is 0 Å². The number of aryl methyl sites for hydroxylation is 1. The van der Waals surface area contributed by atoms with Gasteiger partial charge in [0.25, 0.3) is 11.8 Å². The summed E-state index contributed by atoms with van der Waals surface area (Å²) in [5, 5.41) is 3.42. The van der Waals surface area contributed by atoms with Crippen LogP contribution in [0.3, 0.4) is 0 Å². The molecule has 2 amide bonds. The first kappa shape index (κ1) is 21.4. The van der Waals surface area contributed by atoms with E-state index in [0.29, 0.717) is 28.6 Å². The molecule has 0 heterocycles. The van der Waals surface area contributed by atoms with Gasteiger partial charge < -0.3 is 15.0 Å². The lowest BCUT2D eigenvalue weighted by molar-refractivity contribution is -0.118. The van der Waals surface area contributed by atoms with Crippen LogP contribution in [0.1, 0.15) is 22.8 Å². The highest BCUT2D eigenvalue weighted by molar-refractivity contribution is 6.31. The van der Waals surface area contributed by atoms with Gasteiger partial charge in [0.1, 0.15) is 5.75 Å². The van der Waals surface area contributed by atoms with Gasteiger partial charge in [-0.25, -0.2) is 0 Å². The number of ether oxygens (including phenoxy) is 1. The Balaban J connectivity index is 1.72. The third-order valence-electron chi connectivity index (χ3n) is 4.56. The van der Waals surface area contributed by atoms with Crippen LogP contribution in [0.5, 0.6) is 5.75 Å². The average molecular weight is 423 g/mol. The minimum absolute atomic E-state index is 0.181. The Morgan fingerprint density at radius 2 is 1.70 bits per heavy atom. The van der Waals surface area contributed by atoms with Crippen LogP contribution < -0.4 is 15.0 Å². The van der Waals surface area contributed by atoms with Crippen molar-refractivity contribution >= 4 is 34.8 Å². The van der Waals surface area contributed by atoms with E-state index in [1.165, 1.54) is 0 Å². The number of nitrogens with one attached hydrogen (secondary N) is 1. The Bertz CT molecular complexity index is 1040. The van der Waals surface area contributed by atoms with Crippen molar-refractivity contribution in [2.45, 2.75) is 13.8 Å². The van der Waals surface area contributed by atoms with Gasteiger partial charge in [0.05, 0.1) is 11.3 Å². The number of hydrogen-bond donors (Lipinski definition) is 1. The normalized spacial score (nSPS) is 10.4. The van der Waals surface area contributed by atoms with Gasteiger partial charge in [-0.1, -0.05) is 41.9 Å². The molecule has 154 valence electrons. The lowest BCUT2D eigenvalue weighted by atomic mass is 10.1. The number of benzene rings is 3. The molecule has 30 heavy (non-hydrogen) atoms. The summed E-state index contributed by atoms with van der Waals surface area (Å²) in [4.78, 5) is 27.3. The van der Waals surface area contributed by atoms with Crippen molar-refractivity contribution in [1.29, 1.82) is 0 Å². The van der Waals surface area contributed by atoms with Gasteiger partial charge in [-0.3, -0.25) is 9.59 Å².